The summed E-state index contributed by atoms with van der Waals surface area (Å²) in [5, 5.41) is 6.50. The Kier molecular flexibility index (Phi) is 4.57. The van der Waals surface area contributed by atoms with E-state index < -0.39 is 0 Å². The third kappa shape index (κ3) is 2.79. The topological polar surface area (TPSA) is 49.6 Å². The summed E-state index contributed by atoms with van der Waals surface area (Å²) in [6.07, 6.45) is 4.88. The Morgan fingerprint density at radius 2 is 1.62 bits per heavy atom. The van der Waals surface area contributed by atoms with E-state index in [-0.39, 0.29) is 0 Å². The van der Waals surface area contributed by atoms with Crippen molar-refractivity contribution in [2.24, 2.45) is 0 Å². The molecule has 0 atom stereocenters. The van der Waals surface area contributed by atoms with Gasteiger partial charge in [-0.15, -0.1) is 0 Å². The van der Waals surface area contributed by atoms with Gasteiger partial charge in [0, 0.05) is 19.0 Å². The molecular formula is C5H5N3. The fourth-order valence-corrected chi connectivity index (χ4v) is 0.253. The molecule has 1 heterocycles. The van der Waals surface area contributed by atoms with Crippen LogP contribution in [0.5, 0.6) is 0 Å². The first-order chi connectivity index (χ1) is 4.00. The van der Waals surface area contributed by atoms with Crippen LogP contribution in [0.25, 0.3) is 0 Å². The highest BCUT2D eigenvalue weighted by Gasteiger charge is 1.59. The zero-order chi connectivity index (χ0) is 6.24. The maximum Gasteiger partial charge on any atom is 0.115 e. The van der Waals surface area contributed by atoms with Crippen molar-refractivity contribution in [3.05, 3.63) is 24.8 Å². The molecule has 0 amide bonds. The van der Waals surface area contributed by atoms with Gasteiger partial charge in [0.1, 0.15) is 6.33 Å². The molecule has 0 fully saturated rings. The molecule has 40 valence electrons. The summed E-state index contributed by atoms with van der Waals surface area (Å²) in [5.41, 5.74) is 0. The number of aromatic nitrogens is 2. The van der Waals surface area contributed by atoms with Crippen molar-refractivity contribution in [3.63, 3.8) is 0 Å². The monoisotopic (exact) mass is 107 g/mol. The molecular weight excluding hydrogens is 102 g/mol. The molecule has 0 aromatic carbocycles. The summed E-state index contributed by atoms with van der Waals surface area (Å²) in [6.45, 7) is 3.50. The van der Waals surface area contributed by atoms with E-state index in [1.165, 1.54) is 6.33 Å². The lowest BCUT2D eigenvalue weighted by molar-refractivity contribution is 1.17. The van der Waals surface area contributed by atoms with Gasteiger partial charge in [-0.05, 0) is 6.07 Å². The number of hydrogen-bond acceptors (Lipinski definition) is 3. The van der Waals surface area contributed by atoms with Crippen LogP contribution in [-0.2, 0) is 0 Å². The van der Waals surface area contributed by atoms with Gasteiger partial charge >= 0.3 is 0 Å². The molecule has 0 spiro atoms. The number of nitriles is 1. The van der Waals surface area contributed by atoms with Crippen molar-refractivity contribution in [3.8, 4) is 6.57 Å². The van der Waals surface area contributed by atoms with Gasteiger partial charge in [0.2, 0.25) is 0 Å². The van der Waals surface area contributed by atoms with E-state index in [2.05, 4.69) is 16.5 Å². The second-order valence-electron chi connectivity index (χ2n) is 0.904. The number of hydrogen-bond donors (Lipinski definition) is 0. The second kappa shape index (κ2) is 5.57. The molecule has 0 aliphatic rings. The number of nitrogens with zero attached hydrogens (tertiary/aromatic N) is 3. The minimum absolute atomic E-state index is 1.50. The van der Waals surface area contributed by atoms with Crippen LogP contribution < -0.4 is 0 Å². The smallest absolute Gasteiger partial charge is 0.115 e. The standard InChI is InChI=1S/C4H4N2.CHN/c1-2-5-4-6-3-1;1-2/h1-4H;1H. The van der Waals surface area contributed by atoms with E-state index in [0.717, 1.165) is 0 Å². The molecule has 0 N–H and O–H groups in total. The van der Waals surface area contributed by atoms with Crippen LogP contribution in [0, 0.1) is 11.8 Å². The molecule has 0 bridgehead atoms. The summed E-state index contributed by atoms with van der Waals surface area (Å²) in [7, 11) is 0. The lowest BCUT2D eigenvalue weighted by atomic mass is 10.7. The Morgan fingerprint density at radius 3 is 1.75 bits per heavy atom. The number of rotatable bonds is 0. The Morgan fingerprint density at radius 1 is 1.12 bits per heavy atom. The van der Waals surface area contributed by atoms with Crippen molar-refractivity contribution in [2.75, 3.05) is 0 Å². The summed E-state index contributed by atoms with van der Waals surface area (Å²) >= 11 is 0. The van der Waals surface area contributed by atoms with Gasteiger partial charge in [0.25, 0.3) is 0 Å². The van der Waals surface area contributed by atoms with Gasteiger partial charge in [0.15, 0.2) is 0 Å². The molecule has 3 heteroatoms. The highest BCUT2D eigenvalue weighted by Crippen LogP contribution is 1.66. The molecule has 0 radical (unpaired) electrons. The molecule has 1 aromatic rings. The summed E-state index contributed by atoms with van der Waals surface area (Å²) in [4.78, 5) is 7.35. The van der Waals surface area contributed by atoms with Crippen molar-refractivity contribution >= 4 is 0 Å². The predicted molar refractivity (Wildman–Crippen MR) is 28.7 cm³/mol. The zero-order valence-electron chi connectivity index (χ0n) is 4.23. The second-order valence-corrected chi connectivity index (χ2v) is 0.904. The maximum absolute atomic E-state index is 6.50. The SMILES string of the molecule is C#N.c1cncnc1. The third-order valence-corrected chi connectivity index (χ3v) is 0.478. The van der Waals surface area contributed by atoms with Gasteiger partial charge in [0.05, 0.1) is 0 Å². The van der Waals surface area contributed by atoms with Gasteiger partial charge < -0.3 is 0 Å². The summed E-state index contributed by atoms with van der Waals surface area (Å²) in [6, 6.07) is 1.78. The van der Waals surface area contributed by atoms with Crippen molar-refractivity contribution in [1.29, 1.82) is 5.26 Å². The zero-order valence-corrected chi connectivity index (χ0v) is 4.23. The first-order valence-corrected chi connectivity index (χ1v) is 1.96. The molecule has 3 nitrogen and oxygen atoms in total. The Hall–Kier alpha value is -1.43. The Labute approximate surface area is 47.6 Å². The summed E-state index contributed by atoms with van der Waals surface area (Å²) in [5.74, 6) is 0. The maximum atomic E-state index is 6.50. The van der Waals surface area contributed by atoms with Crippen molar-refractivity contribution in [1.82, 2.24) is 9.97 Å². The average Bonchev–Trinajstić information content (AvgIpc) is 1.96. The predicted octanol–water partition coefficient (Wildman–Crippen LogP) is 0.616. The van der Waals surface area contributed by atoms with Crippen LogP contribution in [-0.4, -0.2) is 9.97 Å². The van der Waals surface area contributed by atoms with Gasteiger partial charge in [-0.2, -0.15) is 0 Å². The third-order valence-electron chi connectivity index (χ3n) is 0.478. The van der Waals surface area contributed by atoms with E-state index >= 15 is 0 Å². The van der Waals surface area contributed by atoms with Gasteiger partial charge in [-0.1, -0.05) is 0 Å². The minimum atomic E-state index is 1.50. The van der Waals surface area contributed by atoms with E-state index in [4.69, 9.17) is 5.26 Å². The highest BCUT2D eigenvalue weighted by atomic mass is 14.8. The molecule has 0 saturated heterocycles. The van der Waals surface area contributed by atoms with Crippen LogP contribution in [0.15, 0.2) is 24.8 Å². The van der Waals surface area contributed by atoms with E-state index in [0.29, 0.717) is 0 Å². The van der Waals surface area contributed by atoms with Crippen LogP contribution in [0.1, 0.15) is 0 Å². The average molecular weight is 107 g/mol. The van der Waals surface area contributed by atoms with E-state index in [1.54, 1.807) is 18.5 Å². The normalized spacial score (nSPS) is 6.25. The molecule has 8 heavy (non-hydrogen) atoms. The quantitative estimate of drug-likeness (QED) is 0.488. The van der Waals surface area contributed by atoms with Gasteiger partial charge in [-0.25, -0.2) is 15.2 Å². The van der Waals surface area contributed by atoms with Gasteiger partial charge in [-0.3, -0.25) is 0 Å². The van der Waals surface area contributed by atoms with Crippen molar-refractivity contribution in [2.45, 2.75) is 0 Å². The first kappa shape index (κ1) is 6.57. The lowest BCUT2D eigenvalue weighted by Gasteiger charge is -1.70. The summed E-state index contributed by atoms with van der Waals surface area (Å²) < 4.78 is 0. The molecule has 0 aliphatic carbocycles. The van der Waals surface area contributed by atoms with Crippen LogP contribution >= 0.6 is 0 Å². The van der Waals surface area contributed by atoms with E-state index in [1.807, 2.05) is 0 Å². The van der Waals surface area contributed by atoms with E-state index in [9.17, 15) is 0 Å². The first-order valence-electron chi connectivity index (χ1n) is 1.96. The van der Waals surface area contributed by atoms with Crippen molar-refractivity contribution < 1.29 is 0 Å². The Balaban J connectivity index is 0.000000222. The van der Waals surface area contributed by atoms with Crippen LogP contribution in [0.4, 0.5) is 0 Å². The molecule has 0 saturated carbocycles. The van der Waals surface area contributed by atoms with Crippen LogP contribution in [0.3, 0.4) is 0 Å². The largest absolute Gasteiger partial charge is 0.245 e. The molecule has 0 unspecified atom stereocenters. The fourth-order valence-electron chi connectivity index (χ4n) is 0.253. The molecule has 1 rings (SSSR count). The highest BCUT2D eigenvalue weighted by molar-refractivity contribution is 4.74. The molecule has 1 aromatic heterocycles. The lowest BCUT2D eigenvalue weighted by Crippen LogP contribution is -1.66. The fraction of sp³-hybridized carbons (Fsp3) is 0. The minimum Gasteiger partial charge on any atom is -0.245 e. The molecule has 0 aliphatic heterocycles. The Bertz CT molecular complexity index is 108. The van der Waals surface area contributed by atoms with Crippen LogP contribution in [0.2, 0.25) is 0 Å².